The maximum absolute atomic E-state index is 11.6. The van der Waals surface area contributed by atoms with Gasteiger partial charge in [0.05, 0.1) is 12.1 Å². The summed E-state index contributed by atoms with van der Waals surface area (Å²) >= 11 is 0. The van der Waals surface area contributed by atoms with Crippen LogP contribution in [0.15, 0.2) is 0 Å². The number of carbonyl (C=O) groups is 2. The Morgan fingerprint density at radius 1 is 1.47 bits per heavy atom. The average Bonchev–Trinajstić information content (AvgIpc) is 2.20. The summed E-state index contributed by atoms with van der Waals surface area (Å²) < 4.78 is 0. The molecule has 1 fully saturated rings. The summed E-state index contributed by atoms with van der Waals surface area (Å²) in [5.74, 6) is -0.291. The highest BCUT2D eigenvalue weighted by molar-refractivity contribution is 5.90. The molecule has 0 spiro atoms. The molecule has 0 unspecified atom stereocenters. The Bertz CT molecular complexity index is 261. The standard InChI is InChI=1S/C10H19N3O2/c1-3-13(2)8(14)7-12-9(15)10(11)5-4-6-10/h3-7,11H2,1-2H3,(H,12,15). The second kappa shape index (κ2) is 4.61. The molecule has 0 radical (unpaired) electrons. The molecule has 1 rings (SSSR count). The van der Waals surface area contributed by atoms with Crippen molar-refractivity contribution in [1.29, 1.82) is 0 Å². The third-order valence-electron chi connectivity index (χ3n) is 3.00. The van der Waals surface area contributed by atoms with Crippen molar-refractivity contribution in [3.8, 4) is 0 Å². The monoisotopic (exact) mass is 213 g/mol. The molecular formula is C10H19N3O2. The molecule has 0 aromatic heterocycles. The van der Waals surface area contributed by atoms with Crippen LogP contribution in [0.25, 0.3) is 0 Å². The number of hydrogen-bond acceptors (Lipinski definition) is 3. The summed E-state index contributed by atoms with van der Waals surface area (Å²) in [6, 6.07) is 0. The number of nitrogens with two attached hydrogens (primary N) is 1. The lowest BCUT2D eigenvalue weighted by molar-refractivity contribution is -0.134. The first-order chi connectivity index (χ1) is 6.99. The van der Waals surface area contributed by atoms with Gasteiger partial charge in [-0.05, 0) is 26.2 Å². The minimum absolute atomic E-state index is 0.0438. The van der Waals surface area contributed by atoms with Crippen LogP contribution >= 0.6 is 0 Å². The number of nitrogens with one attached hydrogen (secondary N) is 1. The first-order valence-electron chi connectivity index (χ1n) is 5.31. The van der Waals surface area contributed by atoms with E-state index < -0.39 is 5.54 Å². The number of carbonyl (C=O) groups excluding carboxylic acids is 2. The zero-order valence-corrected chi connectivity index (χ0v) is 9.38. The summed E-state index contributed by atoms with van der Waals surface area (Å²) in [5, 5.41) is 2.58. The van der Waals surface area contributed by atoms with E-state index >= 15 is 0 Å². The van der Waals surface area contributed by atoms with E-state index in [9.17, 15) is 9.59 Å². The van der Waals surface area contributed by atoms with Crippen LogP contribution in [0.2, 0.25) is 0 Å². The largest absolute Gasteiger partial charge is 0.345 e. The molecule has 0 aromatic rings. The molecule has 86 valence electrons. The lowest BCUT2D eigenvalue weighted by Gasteiger charge is -2.36. The van der Waals surface area contributed by atoms with Crippen molar-refractivity contribution >= 4 is 11.8 Å². The molecule has 1 aliphatic carbocycles. The predicted octanol–water partition coefficient (Wildman–Crippen LogP) is -0.538. The summed E-state index contributed by atoms with van der Waals surface area (Å²) in [6.45, 7) is 2.57. The fourth-order valence-corrected chi connectivity index (χ4v) is 1.43. The Hall–Kier alpha value is -1.10. The Morgan fingerprint density at radius 2 is 2.07 bits per heavy atom. The van der Waals surface area contributed by atoms with Crippen LogP contribution in [0.4, 0.5) is 0 Å². The fourth-order valence-electron chi connectivity index (χ4n) is 1.43. The highest BCUT2D eigenvalue weighted by Crippen LogP contribution is 2.28. The van der Waals surface area contributed by atoms with Crippen LogP contribution < -0.4 is 11.1 Å². The summed E-state index contributed by atoms with van der Waals surface area (Å²) in [4.78, 5) is 24.5. The zero-order valence-electron chi connectivity index (χ0n) is 9.38. The van der Waals surface area contributed by atoms with Gasteiger partial charge in [0.1, 0.15) is 0 Å². The number of rotatable bonds is 4. The lowest BCUT2D eigenvalue weighted by atomic mass is 9.77. The highest BCUT2D eigenvalue weighted by atomic mass is 16.2. The number of hydrogen-bond donors (Lipinski definition) is 2. The number of amides is 2. The predicted molar refractivity (Wildman–Crippen MR) is 57.1 cm³/mol. The molecule has 2 amide bonds. The number of nitrogens with zero attached hydrogens (tertiary/aromatic N) is 1. The molecule has 1 saturated carbocycles. The van der Waals surface area contributed by atoms with Gasteiger partial charge in [0.2, 0.25) is 11.8 Å². The quantitative estimate of drug-likeness (QED) is 0.658. The lowest BCUT2D eigenvalue weighted by Crippen LogP contribution is -2.59. The van der Waals surface area contributed by atoms with Gasteiger partial charge in [0, 0.05) is 13.6 Å². The molecule has 5 heteroatoms. The van der Waals surface area contributed by atoms with E-state index in [0.717, 1.165) is 19.3 Å². The summed E-state index contributed by atoms with van der Waals surface area (Å²) in [7, 11) is 1.70. The van der Waals surface area contributed by atoms with Crippen molar-refractivity contribution < 1.29 is 9.59 Å². The smallest absolute Gasteiger partial charge is 0.241 e. The third kappa shape index (κ3) is 2.68. The highest BCUT2D eigenvalue weighted by Gasteiger charge is 2.40. The second-order valence-corrected chi connectivity index (χ2v) is 4.10. The molecule has 0 bridgehead atoms. The molecule has 0 aromatic carbocycles. The Morgan fingerprint density at radius 3 is 2.47 bits per heavy atom. The Kier molecular flexibility index (Phi) is 3.68. The summed E-state index contributed by atoms with van der Waals surface area (Å²) in [6.07, 6.45) is 2.43. The van der Waals surface area contributed by atoms with Gasteiger partial charge >= 0.3 is 0 Å². The first kappa shape index (κ1) is 12.0. The van der Waals surface area contributed by atoms with Gasteiger partial charge in [-0.25, -0.2) is 0 Å². The van der Waals surface area contributed by atoms with E-state index in [0.29, 0.717) is 6.54 Å². The van der Waals surface area contributed by atoms with Crippen molar-refractivity contribution in [3.63, 3.8) is 0 Å². The normalized spacial score (nSPS) is 17.8. The van der Waals surface area contributed by atoms with Crippen molar-refractivity contribution in [3.05, 3.63) is 0 Å². The minimum atomic E-state index is -0.717. The van der Waals surface area contributed by atoms with Crippen molar-refractivity contribution in [2.75, 3.05) is 20.1 Å². The van der Waals surface area contributed by atoms with E-state index in [1.807, 2.05) is 6.92 Å². The van der Waals surface area contributed by atoms with Crippen LogP contribution in [-0.4, -0.2) is 42.4 Å². The van der Waals surface area contributed by atoms with Gasteiger partial charge < -0.3 is 16.0 Å². The van der Waals surface area contributed by atoms with E-state index in [1.54, 1.807) is 11.9 Å². The van der Waals surface area contributed by atoms with Crippen LogP contribution in [0.5, 0.6) is 0 Å². The van der Waals surface area contributed by atoms with E-state index in [2.05, 4.69) is 5.32 Å². The minimum Gasteiger partial charge on any atom is -0.345 e. The fraction of sp³-hybridized carbons (Fsp3) is 0.800. The molecule has 3 N–H and O–H groups in total. The van der Waals surface area contributed by atoms with Gasteiger partial charge in [0.15, 0.2) is 0 Å². The molecule has 15 heavy (non-hydrogen) atoms. The maximum atomic E-state index is 11.6. The van der Waals surface area contributed by atoms with Crippen LogP contribution in [0, 0.1) is 0 Å². The van der Waals surface area contributed by atoms with Crippen molar-refractivity contribution in [2.45, 2.75) is 31.7 Å². The topological polar surface area (TPSA) is 75.4 Å². The van der Waals surface area contributed by atoms with E-state index in [-0.39, 0.29) is 18.4 Å². The molecule has 1 aliphatic rings. The Balaban J connectivity index is 2.31. The summed E-state index contributed by atoms with van der Waals surface area (Å²) in [5.41, 5.74) is 5.09. The van der Waals surface area contributed by atoms with E-state index in [4.69, 9.17) is 5.73 Å². The number of likely N-dealkylation sites (N-methyl/N-ethyl adjacent to an activating group) is 1. The van der Waals surface area contributed by atoms with Crippen molar-refractivity contribution in [2.24, 2.45) is 5.73 Å². The van der Waals surface area contributed by atoms with Crippen LogP contribution in [0.1, 0.15) is 26.2 Å². The van der Waals surface area contributed by atoms with Gasteiger partial charge in [-0.15, -0.1) is 0 Å². The third-order valence-corrected chi connectivity index (χ3v) is 3.00. The van der Waals surface area contributed by atoms with Gasteiger partial charge in [0.25, 0.3) is 0 Å². The molecule has 5 nitrogen and oxygen atoms in total. The van der Waals surface area contributed by atoms with Crippen molar-refractivity contribution in [1.82, 2.24) is 10.2 Å². The van der Waals surface area contributed by atoms with E-state index in [1.165, 1.54) is 0 Å². The molecule has 0 aliphatic heterocycles. The van der Waals surface area contributed by atoms with Gasteiger partial charge in [-0.3, -0.25) is 9.59 Å². The zero-order chi connectivity index (χ0) is 11.5. The Labute approximate surface area is 90.0 Å². The molecule has 0 heterocycles. The maximum Gasteiger partial charge on any atom is 0.241 e. The second-order valence-electron chi connectivity index (χ2n) is 4.10. The first-order valence-corrected chi connectivity index (χ1v) is 5.31. The van der Waals surface area contributed by atoms with Gasteiger partial charge in [-0.2, -0.15) is 0 Å². The molecular weight excluding hydrogens is 194 g/mol. The molecule has 0 saturated heterocycles. The van der Waals surface area contributed by atoms with Crippen LogP contribution in [-0.2, 0) is 9.59 Å². The van der Waals surface area contributed by atoms with Crippen LogP contribution in [0.3, 0.4) is 0 Å². The van der Waals surface area contributed by atoms with Gasteiger partial charge in [-0.1, -0.05) is 0 Å². The average molecular weight is 213 g/mol. The SMILES string of the molecule is CCN(C)C(=O)CNC(=O)C1(N)CCC1. The molecule has 0 atom stereocenters.